The van der Waals surface area contributed by atoms with Gasteiger partial charge in [0.25, 0.3) is 0 Å². The molecule has 0 aliphatic heterocycles. The summed E-state index contributed by atoms with van der Waals surface area (Å²) in [5.41, 5.74) is 0.877. The Bertz CT molecular complexity index is 753. The number of methoxy groups -OCH3 is 1. The third-order valence-electron chi connectivity index (χ3n) is 3.22. The minimum atomic E-state index is -0.533. The van der Waals surface area contributed by atoms with E-state index >= 15 is 0 Å². The third-order valence-corrected chi connectivity index (χ3v) is 3.81. The number of halogens is 1. The average molecular weight is 393 g/mol. The second kappa shape index (κ2) is 7.97. The highest BCUT2D eigenvalue weighted by Crippen LogP contribution is 2.36. The molecule has 0 spiro atoms. The van der Waals surface area contributed by atoms with Gasteiger partial charge < -0.3 is 14.2 Å². The number of Topliss-reactive ketones (excluding diaryl/α,β-unsaturated/α-hetero) is 1. The molecule has 0 unspecified atom stereocenters. The van der Waals surface area contributed by atoms with Crippen molar-refractivity contribution < 1.29 is 23.8 Å². The van der Waals surface area contributed by atoms with Gasteiger partial charge in [-0.25, -0.2) is 4.79 Å². The summed E-state index contributed by atoms with van der Waals surface area (Å²) in [4.78, 5) is 23.6. The molecule has 0 aliphatic rings. The van der Waals surface area contributed by atoms with Gasteiger partial charge in [-0.1, -0.05) is 0 Å². The van der Waals surface area contributed by atoms with E-state index in [4.69, 9.17) is 14.2 Å². The molecule has 5 nitrogen and oxygen atoms in total. The molecule has 126 valence electrons. The van der Waals surface area contributed by atoms with Crippen molar-refractivity contribution in [3.05, 3.63) is 52.0 Å². The van der Waals surface area contributed by atoms with Gasteiger partial charge >= 0.3 is 5.97 Å². The van der Waals surface area contributed by atoms with Crippen molar-refractivity contribution in [2.75, 3.05) is 13.7 Å². The Morgan fingerprint density at radius 2 is 1.75 bits per heavy atom. The quantitative estimate of drug-likeness (QED) is 0.417. The Morgan fingerprint density at radius 3 is 2.29 bits per heavy atom. The summed E-state index contributed by atoms with van der Waals surface area (Å²) in [6.45, 7) is 3.76. The molecule has 0 atom stereocenters. The summed E-state index contributed by atoms with van der Waals surface area (Å²) < 4.78 is 16.7. The third kappa shape index (κ3) is 4.14. The van der Waals surface area contributed by atoms with E-state index in [-0.39, 0.29) is 5.78 Å². The van der Waals surface area contributed by atoms with Crippen LogP contribution in [0.4, 0.5) is 0 Å². The lowest BCUT2D eigenvalue weighted by Gasteiger charge is -2.13. The van der Waals surface area contributed by atoms with E-state index in [0.717, 1.165) is 0 Å². The van der Waals surface area contributed by atoms with E-state index in [1.165, 1.54) is 14.0 Å². The first-order valence-electron chi connectivity index (χ1n) is 7.29. The van der Waals surface area contributed by atoms with E-state index in [1.54, 1.807) is 36.4 Å². The van der Waals surface area contributed by atoms with Crippen LogP contribution in [0.1, 0.15) is 34.6 Å². The monoisotopic (exact) mass is 392 g/mol. The van der Waals surface area contributed by atoms with Gasteiger partial charge in [-0.3, -0.25) is 4.79 Å². The minimum absolute atomic E-state index is 0.0479. The van der Waals surface area contributed by atoms with E-state index in [9.17, 15) is 9.59 Å². The lowest BCUT2D eigenvalue weighted by molar-refractivity contribution is 0.0734. The first kappa shape index (κ1) is 18.0. The lowest BCUT2D eigenvalue weighted by atomic mass is 10.1. The van der Waals surface area contributed by atoms with Gasteiger partial charge in [0.15, 0.2) is 17.3 Å². The number of carbonyl (C=O) groups is 2. The van der Waals surface area contributed by atoms with Crippen molar-refractivity contribution in [2.45, 2.75) is 13.8 Å². The van der Waals surface area contributed by atoms with Gasteiger partial charge in [0.05, 0.1) is 23.8 Å². The number of esters is 1. The van der Waals surface area contributed by atoms with Crippen LogP contribution in [0.25, 0.3) is 0 Å². The van der Waals surface area contributed by atoms with Gasteiger partial charge in [-0.15, -0.1) is 0 Å². The molecule has 0 fully saturated rings. The summed E-state index contributed by atoms with van der Waals surface area (Å²) in [5.74, 6) is 0.741. The summed E-state index contributed by atoms with van der Waals surface area (Å²) in [6, 6.07) is 9.56. The molecule has 0 saturated carbocycles. The van der Waals surface area contributed by atoms with Gasteiger partial charge in [0, 0.05) is 5.56 Å². The molecular weight excluding hydrogens is 376 g/mol. The fraction of sp³-hybridized carbons (Fsp3) is 0.222. The van der Waals surface area contributed by atoms with Crippen molar-refractivity contribution >= 4 is 27.7 Å². The normalized spacial score (nSPS) is 10.2. The molecular formula is C18H17BrO5. The molecule has 24 heavy (non-hydrogen) atoms. The minimum Gasteiger partial charge on any atom is -0.492 e. The van der Waals surface area contributed by atoms with Crippen LogP contribution in [0.3, 0.4) is 0 Å². The summed E-state index contributed by atoms with van der Waals surface area (Å²) >= 11 is 3.36. The van der Waals surface area contributed by atoms with Crippen LogP contribution in [0.5, 0.6) is 17.2 Å². The Kier molecular flexibility index (Phi) is 5.98. The number of benzene rings is 2. The predicted molar refractivity (Wildman–Crippen MR) is 93.3 cm³/mol. The Labute approximate surface area is 148 Å². The first-order chi connectivity index (χ1) is 11.5. The SMILES string of the molecule is CCOc1cc(C(=O)Oc2ccc(C(C)=O)cc2)cc(Br)c1OC. The molecule has 0 aromatic heterocycles. The van der Waals surface area contributed by atoms with Gasteiger partial charge in [0.1, 0.15) is 5.75 Å². The van der Waals surface area contributed by atoms with Crippen LogP contribution in [0.15, 0.2) is 40.9 Å². The molecule has 0 heterocycles. The number of ether oxygens (including phenoxy) is 3. The molecule has 0 radical (unpaired) electrons. The first-order valence-corrected chi connectivity index (χ1v) is 8.09. The zero-order chi connectivity index (χ0) is 17.7. The second-order valence-corrected chi connectivity index (χ2v) is 5.75. The van der Waals surface area contributed by atoms with Crippen LogP contribution < -0.4 is 14.2 Å². The maximum Gasteiger partial charge on any atom is 0.343 e. The standard InChI is InChI=1S/C18H17BrO5/c1-4-23-16-10-13(9-15(19)17(16)22-3)18(21)24-14-7-5-12(6-8-14)11(2)20/h5-10H,4H2,1-3H3. The maximum absolute atomic E-state index is 12.3. The van der Waals surface area contributed by atoms with E-state index in [1.807, 2.05) is 6.92 Å². The molecule has 6 heteroatoms. The van der Waals surface area contributed by atoms with Gasteiger partial charge in [0.2, 0.25) is 0 Å². The summed E-state index contributed by atoms with van der Waals surface area (Å²) in [7, 11) is 1.52. The maximum atomic E-state index is 12.3. The van der Waals surface area contributed by atoms with Gasteiger partial charge in [-0.05, 0) is 66.2 Å². The van der Waals surface area contributed by atoms with Crippen LogP contribution >= 0.6 is 15.9 Å². The molecule has 2 aromatic carbocycles. The number of ketones is 1. The predicted octanol–water partition coefficient (Wildman–Crippen LogP) is 4.28. The van der Waals surface area contributed by atoms with Crippen LogP contribution in [-0.2, 0) is 0 Å². The van der Waals surface area contributed by atoms with E-state index in [2.05, 4.69) is 15.9 Å². The van der Waals surface area contributed by atoms with Crippen molar-refractivity contribution in [3.63, 3.8) is 0 Å². The van der Waals surface area contributed by atoms with Crippen molar-refractivity contribution in [1.29, 1.82) is 0 Å². The highest BCUT2D eigenvalue weighted by atomic mass is 79.9. The van der Waals surface area contributed by atoms with Gasteiger partial charge in [-0.2, -0.15) is 0 Å². The molecule has 0 amide bonds. The van der Waals surface area contributed by atoms with E-state index < -0.39 is 5.97 Å². The zero-order valence-electron chi connectivity index (χ0n) is 13.6. The topological polar surface area (TPSA) is 61.8 Å². The number of hydrogen-bond acceptors (Lipinski definition) is 5. The fourth-order valence-corrected chi connectivity index (χ4v) is 2.67. The van der Waals surface area contributed by atoms with Crippen LogP contribution in [0.2, 0.25) is 0 Å². The molecule has 0 saturated heterocycles. The smallest absolute Gasteiger partial charge is 0.343 e. The van der Waals surface area contributed by atoms with Crippen molar-refractivity contribution in [1.82, 2.24) is 0 Å². The fourth-order valence-electron chi connectivity index (χ4n) is 2.07. The number of hydrogen-bond donors (Lipinski definition) is 0. The Hall–Kier alpha value is -2.34. The largest absolute Gasteiger partial charge is 0.492 e. The highest BCUT2D eigenvalue weighted by molar-refractivity contribution is 9.10. The number of carbonyl (C=O) groups excluding carboxylic acids is 2. The molecule has 0 N–H and O–H groups in total. The highest BCUT2D eigenvalue weighted by Gasteiger charge is 2.17. The molecule has 0 bridgehead atoms. The molecule has 2 rings (SSSR count). The lowest BCUT2D eigenvalue weighted by Crippen LogP contribution is -2.09. The zero-order valence-corrected chi connectivity index (χ0v) is 15.2. The Morgan fingerprint density at radius 1 is 1.08 bits per heavy atom. The van der Waals surface area contributed by atoms with Crippen LogP contribution in [0, 0.1) is 0 Å². The van der Waals surface area contributed by atoms with Crippen LogP contribution in [-0.4, -0.2) is 25.5 Å². The molecule has 2 aromatic rings. The van der Waals surface area contributed by atoms with Crippen molar-refractivity contribution in [2.24, 2.45) is 0 Å². The average Bonchev–Trinajstić information content (AvgIpc) is 2.55. The van der Waals surface area contributed by atoms with Crippen molar-refractivity contribution in [3.8, 4) is 17.2 Å². The second-order valence-electron chi connectivity index (χ2n) is 4.89. The summed E-state index contributed by atoms with van der Waals surface area (Å²) in [5, 5.41) is 0. The Balaban J connectivity index is 2.24. The number of rotatable bonds is 6. The molecule has 0 aliphatic carbocycles. The van der Waals surface area contributed by atoms with E-state index in [0.29, 0.717) is 39.5 Å². The summed E-state index contributed by atoms with van der Waals surface area (Å²) in [6.07, 6.45) is 0.